The summed E-state index contributed by atoms with van der Waals surface area (Å²) in [6.07, 6.45) is -0.935. The average molecular weight is 444 g/mol. The summed E-state index contributed by atoms with van der Waals surface area (Å²) in [5, 5.41) is 1.06. The highest BCUT2D eigenvalue weighted by Crippen LogP contribution is 2.28. The van der Waals surface area contributed by atoms with E-state index in [9.17, 15) is 9.59 Å². The maximum Gasteiger partial charge on any atom is 0.339 e. The molecule has 1 atom stereocenters. The zero-order valence-corrected chi connectivity index (χ0v) is 18.8. The molecule has 0 saturated carbocycles. The Hall–Kier alpha value is -3.50. The van der Waals surface area contributed by atoms with Crippen LogP contribution in [0, 0.1) is 13.8 Å². The molecule has 3 aromatic carbocycles. The van der Waals surface area contributed by atoms with E-state index in [0.717, 1.165) is 16.7 Å². The summed E-state index contributed by atoms with van der Waals surface area (Å²) in [6, 6.07) is 21.9. The van der Waals surface area contributed by atoms with E-state index in [1.807, 2.05) is 50.2 Å². The maximum absolute atomic E-state index is 13.2. The predicted molar refractivity (Wildman–Crippen MR) is 127 cm³/mol. The number of esters is 1. The molecule has 0 amide bonds. The summed E-state index contributed by atoms with van der Waals surface area (Å²) in [5.74, 6) is -0.852. The van der Waals surface area contributed by atoms with Crippen molar-refractivity contribution in [1.29, 1.82) is 0 Å². The van der Waals surface area contributed by atoms with E-state index in [1.54, 1.807) is 43.3 Å². The van der Waals surface area contributed by atoms with Crippen molar-refractivity contribution in [3.05, 3.63) is 100 Å². The molecule has 0 fully saturated rings. The van der Waals surface area contributed by atoms with Gasteiger partial charge in [-0.05, 0) is 45.0 Å². The molecule has 4 aromatic rings. The number of benzene rings is 3. The van der Waals surface area contributed by atoms with Crippen LogP contribution < -0.4 is 0 Å². The molecule has 5 heteroatoms. The molecule has 32 heavy (non-hydrogen) atoms. The summed E-state index contributed by atoms with van der Waals surface area (Å²) in [6.45, 7) is 5.54. The smallest absolute Gasteiger partial charge is 0.339 e. The molecule has 4 rings (SSSR count). The first-order chi connectivity index (χ1) is 15.3. The topological polar surface area (TPSA) is 56.3 Å². The Morgan fingerprint density at radius 1 is 0.875 bits per heavy atom. The molecular formula is C27H22ClNO3. The van der Waals surface area contributed by atoms with E-state index in [1.165, 1.54) is 0 Å². The molecule has 1 heterocycles. The Bertz CT molecular complexity index is 1310. The van der Waals surface area contributed by atoms with Gasteiger partial charge in [-0.15, -0.1) is 0 Å². The van der Waals surface area contributed by atoms with Gasteiger partial charge >= 0.3 is 5.97 Å². The minimum absolute atomic E-state index is 0.256. The number of pyridine rings is 1. The third-order valence-corrected chi connectivity index (χ3v) is 5.56. The van der Waals surface area contributed by atoms with E-state index < -0.39 is 12.1 Å². The number of hydrogen-bond donors (Lipinski definition) is 0. The van der Waals surface area contributed by atoms with Crippen molar-refractivity contribution in [2.45, 2.75) is 26.9 Å². The molecule has 0 bridgehead atoms. The van der Waals surface area contributed by atoms with Crippen molar-refractivity contribution in [1.82, 2.24) is 4.98 Å². The lowest BCUT2D eigenvalue weighted by atomic mass is 10.0. The molecule has 0 N–H and O–H groups in total. The first-order valence-corrected chi connectivity index (χ1v) is 10.7. The number of hydrogen-bond acceptors (Lipinski definition) is 4. The predicted octanol–water partition coefficient (Wildman–Crippen LogP) is 6.60. The average Bonchev–Trinajstić information content (AvgIpc) is 2.78. The Labute approximate surface area is 191 Å². The van der Waals surface area contributed by atoms with Crippen LogP contribution in [-0.2, 0) is 4.74 Å². The highest BCUT2D eigenvalue weighted by Gasteiger charge is 2.23. The van der Waals surface area contributed by atoms with Gasteiger partial charge < -0.3 is 4.74 Å². The zero-order valence-electron chi connectivity index (χ0n) is 18.1. The van der Waals surface area contributed by atoms with E-state index in [0.29, 0.717) is 32.7 Å². The number of ketones is 1. The molecular weight excluding hydrogens is 422 g/mol. The largest absolute Gasteiger partial charge is 0.451 e. The number of Topliss-reactive ketones (excluding diaryl/α,β-unsaturated/α-hetero) is 1. The quantitative estimate of drug-likeness (QED) is 0.257. The Kier molecular flexibility index (Phi) is 6.06. The lowest BCUT2D eigenvalue weighted by molar-refractivity contribution is 0.0320. The Balaban J connectivity index is 1.70. The first-order valence-electron chi connectivity index (χ1n) is 10.3. The molecule has 0 spiro atoms. The fourth-order valence-corrected chi connectivity index (χ4v) is 3.64. The van der Waals surface area contributed by atoms with Crippen LogP contribution in [0.5, 0.6) is 0 Å². The van der Waals surface area contributed by atoms with Gasteiger partial charge in [-0.1, -0.05) is 71.3 Å². The van der Waals surface area contributed by atoms with E-state index in [4.69, 9.17) is 21.3 Å². The SMILES string of the molecule is Cc1ccc(C(=O)[C@H](C)OC(=O)c2cc(-c3ccc(C)cc3)nc3ccc(Cl)cc23)cc1. The molecule has 1 aromatic heterocycles. The fraction of sp³-hybridized carbons (Fsp3) is 0.148. The molecule has 0 saturated heterocycles. The van der Waals surface area contributed by atoms with Gasteiger partial charge in [0.2, 0.25) is 5.78 Å². The van der Waals surface area contributed by atoms with E-state index in [-0.39, 0.29) is 5.78 Å². The summed E-state index contributed by atoms with van der Waals surface area (Å²) in [4.78, 5) is 30.6. The fourth-order valence-electron chi connectivity index (χ4n) is 3.47. The van der Waals surface area contributed by atoms with E-state index in [2.05, 4.69) is 0 Å². The van der Waals surface area contributed by atoms with Crippen LogP contribution in [0.25, 0.3) is 22.2 Å². The zero-order chi connectivity index (χ0) is 22.8. The molecule has 0 aliphatic carbocycles. The van der Waals surface area contributed by atoms with Crippen LogP contribution in [0.3, 0.4) is 0 Å². The Morgan fingerprint density at radius 3 is 2.16 bits per heavy atom. The summed E-state index contributed by atoms with van der Waals surface area (Å²) < 4.78 is 5.58. The first kappa shape index (κ1) is 21.7. The second kappa shape index (κ2) is 8.93. The van der Waals surface area contributed by atoms with Gasteiger partial charge in [0.05, 0.1) is 16.8 Å². The molecule has 160 valence electrons. The molecule has 0 aliphatic rings. The standard InChI is InChI=1S/C27H22ClNO3/c1-16-4-8-19(9-5-16)25-15-23(22-14-21(28)12-13-24(22)29-25)27(31)32-18(3)26(30)20-10-6-17(2)7-11-20/h4-15,18H,1-3H3/t18-/m0/s1. The van der Waals surface area contributed by atoms with Crippen molar-refractivity contribution in [2.75, 3.05) is 0 Å². The number of nitrogens with zero attached hydrogens (tertiary/aromatic N) is 1. The van der Waals surface area contributed by atoms with Gasteiger partial charge in [0.25, 0.3) is 0 Å². The van der Waals surface area contributed by atoms with Crippen molar-refractivity contribution < 1.29 is 14.3 Å². The lowest BCUT2D eigenvalue weighted by Crippen LogP contribution is -2.24. The van der Waals surface area contributed by atoms with Crippen molar-refractivity contribution in [2.24, 2.45) is 0 Å². The highest BCUT2D eigenvalue weighted by molar-refractivity contribution is 6.31. The summed E-state index contributed by atoms with van der Waals surface area (Å²) >= 11 is 6.18. The maximum atomic E-state index is 13.2. The molecule has 0 radical (unpaired) electrons. The van der Waals surface area contributed by atoms with Crippen LogP contribution in [0.4, 0.5) is 0 Å². The van der Waals surface area contributed by atoms with Gasteiger partial charge in [0.15, 0.2) is 6.10 Å². The summed E-state index contributed by atoms with van der Waals surface area (Å²) in [7, 11) is 0. The number of halogens is 1. The van der Waals surface area contributed by atoms with Crippen molar-refractivity contribution in [3.8, 4) is 11.3 Å². The number of ether oxygens (including phenoxy) is 1. The molecule has 4 nitrogen and oxygen atoms in total. The van der Waals surface area contributed by atoms with Gasteiger partial charge in [0, 0.05) is 21.5 Å². The van der Waals surface area contributed by atoms with Gasteiger partial charge in [-0.2, -0.15) is 0 Å². The number of carbonyl (C=O) groups is 2. The third kappa shape index (κ3) is 4.56. The Morgan fingerprint density at radius 2 is 1.50 bits per heavy atom. The minimum Gasteiger partial charge on any atom is -0.451 e. The van der Waals surface area contributed by atoms with Crippen LogP contribution in [-0.4, -0.2) is 22.8 Å². The number of fused-ring (bicyclic) bond motifs is 1. The lowest BCUT2D eigenvalue weighted by Gasteiger charge is -2.15. The van der Waals surface area contributed by atoms with Crippen molar-refractivity contribution in [3.63, 3.8) is 0 Å². The minimum atomic E-state index is -0.935. The van der Waals surface area contributed by atoms with Crippen LogP contribution in [0.15, 0.2) is 72.8 Å². The van der Waals surface area contributed by atoms with E-state index >= 15 is 0 Å². The number of aryl methyl sites for hydroxylation is 2. The number of rotatable bonds is 5. The van der Waals surface area contributed by atoms with Crippen molar-refractivity contribution >= 4 is 34.3 Å². The van der Waals surface area contributed by atoms with Crippen LogP contribution in [0.2, 0.25) is 5.02 Å². The number of carbonyl (C=O) groups excluding carboxylic acids is 2. The van der Waals surface area contributed by atoms with Crippen LogP contribution in [0.1, 0.15) is 38.8 Å². The highest BCUT2D eigenvalue weighted by atomic mass is 35.5. The second-order valence-electron chi connectivity index (χ2n) is 7.86. The van der Waals surface area contributed by atoms with Gasteiger partial charge in [0.1, 0.15) is 0 Å². The van der Waals surface area contributed by atoms with Gasteiger partial charge in [-0.3, -0.25) is 4.79 Å². The third-order valence-electron chi connectivity index (χ3n) is 5.33. The molecule has 0 aliphatic heterocycles. The summed E-state index contributed by atoms with van der Waals surface area (Å²) in [5.41, 5.74) is 5.14. The van der Waals surface area contributed by atoms with Crippen LogP contribution >= 0.6 is 11.6 Å². The van der Waals surface area contributed by atoms with Gasteiger partial charge in [-0.25, -0.2) is 9.78 Å². The monoisotopic (exact) mass is 443 g/mol. The second-order valence-corrected chi connectivity index (χ2v) is 8.30. The normalized spacial score (nSPS) is 11.9. The number of aromatic nitrogens is 1. The molecule has 0 unspecified atom stereocenters.